The molecule has 0 saturated heterocycles. The zero-order valence-corrected chi connectivity index (χ0v) is 23.8. The molecular formula is C30H23B3ClF5N4. The Hall–Kier alpha value is -3.79. The fourth-order valence-corrected chi connectivity index (χ4v) is 5.77. The molecule has 0 amide bonds. The van der Waals surface area contributed by atoms with Crippen LogP contribution in [0.5, 0.6) is 0 Å². The summed E-state index contributed by atoms with van der Waals surface area (Å²) in [6.07, 6.45) is -4.09. The number of nitrogens with one attached hydrogen (secondary N) is 2. The third-order valence-corrected chi connectivity index (χ3v) is 7.62. The van der Waals surface area contributed by atoms with Gasteiger partial charge >= 0.3 is 6.18 Å². The molecule has 2 aliphatic heterocycles. The van der Waals surface area contributed by atoms with Crippen LogP contribution >= 0.6 is 11.6 Å². The second kappa shape index (κ2) is 10.7. The first-order valence-electron chi connectivity index (χ1n) is 13.1. The molecule has 1 unspecified atom stereocenters. The standard InChI is InChI=1S/C30H23B3ClF5N4/c1-5-8-42-16(4)43(30(31,32)33)28-24(42)13-23(40-14(2)17-9-18(29(37,38)39)11-20(36)10-17)26-25(28)15(3)41-27(26)21-12-19(35)6-7-22(21)34/h6-7,9-13,27,40-41H,2-5,8H2,1H3. The molecule has 2 heterocycles. The van der Waals surface area contributed by atoms with E-state index in [-0.39, 0.29) is 16.3 Å². The van der Waals surface area contributed by atoms with Crippen molar-refractivity contribution >= 4 is 63.6 Å². The maximum atomic E-state index is 14.5. The highest BCUT2D eigenvalue weighted by Gasteiger charge is 2.43. The minimum atomic E-state index is -4.78. The smallest absolute Gasteiger partial charge is 0.374 e. The molecule has 0 saturated carbocycles. The van der Waals surface area contributed by atoms with Crippen molar-refractivity contribution in [3.05, 3.63) is 112 Å². The van der Waals surface area contributed by atoms with Crippen molar-refractivity contribution in [1.82, 2.24) is 5.32 Å². The number of halogens is 6. The van der Waals surface area contributed by atoms with E-state index in [9.17, 15) is 22.0 Å². The van der Waals surface area contributed by atoms with E-state index < -0.39 is 34.7 Å². The highest BCUT2D eigenvalue weighted by atomic mass is 35.5. The van der Waals surface area contributed by atoms with Gasteiger partial charge in [0.1, 0.15) is 17.5 Å². The summed E-state index contributed by atoms with van der Waals surface area (Å²) in [4.78, 5) is 3.30. The molecule has 0 spiro atoms. The number of benzene rings is 3. The minimum absolute atomic E-state index is 0.0321. The van der Waals surface area contributed by atoms with Gasteiger partial charge in [-0.3, -0.25) is 0 Å². The molecule has 2 N–H and O–H groups in total. The Morgan fingerprint density at radius 3 is 2.37 bits per heavy atom. The summed E-state index contributed by atoms with van der Waals surface area (Å²) in [5.41, 5.74) is 1.75. The summed E-state index contributed by atoms with van der Waals surface area (Å²) in [6, 6.07) is 6.93. The van der Waals surface area contributed by atoms with E-state index in [1.54, 1.807) is 6.07 Å². The molecule has 214 valence electrons. The molecule has 0 bridgehead atoms. The Morgan fingerprint density at radius 1 is 1.05 bits per heavy atom. The maximum Gasteiger partial charge on any atom is 0.416 e. The maximum absolute atomic E-state index is 14.5. The molecule has 0 aliphatic carbocycles. The molecule has 0 fully saturated rings. The zero-order chi connectivity index (χ0) is 31.6. The Bertz CT molecular complexity index is 1690. The molecule has 3 aromatic carbocycles. The monoisotopic (exact) mass is 602 g/mol. The van der Waals surface area contributed by atoms with Gasteiger partial charge in [-0.25, -0.2) is 8.78 Å². The third kappa shape index (κ3) is 5.41. The summed E-state index contributed by atoms with van der Waals surface area (Å²) in [6.45, 7) is 14.7. The first-order chi connectivity index (χ1) is 20.0. The van der Waals surface area contributed by atoms with Crippen LogP contribution in [0.3, 0.4) is 0 Å². The number of rotatable bonds is 7. The van der Waals surface area contributed by atoms with E-state index in [1.165, 1.54) is 23.1 Å². The molecule has 13 heteroatoms. The minimum Gasteiger partial charge on any atom is -0.374 e. The van der Waals surface area contributed by atoms with E-state index in [1.807, 2.05) is 11.8 Å². The molecule has 1 atom stereocenters. The van der Waals surface area contributed by atoms with Gasteiger partial charge in [0.05, 0.1) is 46.5 Å². The fourth-order valence-electron chi connectivity index (χ4n) is 5.54. The van der Waals surface area contributed by atoms with Gasteiger partial charge in [-0.05, 0) is 48.9 Å². The predicted molar refractivity (Wildman–Crippen MR) is 165 cm³/mol. The number of anilines is 3. The van der Waals surface area contributed by atoms with Crippen molar-refractivity contribution in [1.29, 1.82) is 0 Å². The van der Waals surface area contributed by atoms with Crippen molar-refractivity contribution < 1.29 is 22.0 Å². The van der Waals surface area contributed by atoms with E-state index in [0.29, 0.717) is 64.3 Å². The Labute approximate surface area is 255 Å². The van der Waals surface area contributed by atoms with Gasteiger partial charge in [0.15, 0.2) is 0 Å². The summed E-state index contributed by atoms with van der Waals surface area (Å²) in [7, 11) is 18.6. The van der Waals surface area contributed by atoms with Gasteiger partial charge in [-0.1, -0.05) is 43.5 Å². The largest absolute Gasteiger partial charge is 0.416 e. The molecule has 4 nitrogen and oxygen atoms in total. The number of fused-ring (bicyclic) bond motifs is 3. The van der Waals surface area contributed by atoms with Crippen LogP contribution in [0, 0.1) is 11.6 Å². The van der Waals surface area contributed by atoms with Gasteiger partial charge in [0.2, 0.25) is 0 Å². The lowest BCUT2D eigenvalue weighted by Crippen LogP contribution is -2.50. The zero-order valence-electron chi connectivity index (χ0n) is 23.0. The van der Waals surface area contributed by atoms with Crippen molar-refractivity contribution in [2.45, 2.75) is 30.8 Å². The summed E-state index contributed by atoms with van der Waals surface area (Å²) in [5.74, 6) is -1.26. The Balaban J connectivity index is 1.76. The molecule has 6 radical (unpaired) electrons. The lowest BCUT2D eigenvalue weighted by molar-refractivity contribution is -0.137. The molecule has 0 aromatic heterocycles. The topological polar surface area (TPSA) is 30.5 Å². The number of nitrogens with zero attached hydrogens (tertiary/aromatic N) is 2. The van der Waals surface area contributed by atoms with Crippen LogP contribution in [0.1, 0.15) is 47.2 Å². The van der Waals surface area contributed by atoms with Crippen molar-refractivity contribution in [3.8, 4) is 0 Å². The van der Waals surface area contributed by atoms with Crippen LogP contribution in [0.2, 0.25) is 5.02 Å². The molecule has 2 aliphatic rings. The number of hydrogen-bond donors (Lipinski definition) is 2. The average molecular weight is 602 g/mol. The average Bonchev–Trinajstić information content (AvgIpc) is 3.39. The lowest BCUT2D eigenvalue weighted by atomic mass is 9.48. The highest BCUT2D eigenvalue weighted by Crippen LogP contribution is 2.55. The summed E-state index contributed by atoms with van der Waals surface area (Å²) < 4.78 is 69.2. The third-order valence-electron chi connectivity index (χ3n) is 7.28. The summed E-state index contributed by atoms with van der Waals surface area (Å²) >= 11 is 6.51. The Kier molecular flexibility index (Phi) is 7.66. The van der Waals surface area contributed by atoms with Crippen LogP contribution in [-0.2, 0) is 6.18 Å². The van der Waals surface area contributed by atoms with Gasteiger partial charge < -0.3 is 20.4 Å². The van der Waals surface area contributed by atoms with E-state index in [0.717, 1.165) is 12.1 Å². The molecule has 43 heavy (non-hydrogen) atoms. The van der Waals surface area contributed by atoms with Crippen molar-refractivity contribution in [2.75, 3.05) is 21.7 Å². The lowest BCUT2D eigenvalue weighted by Gasteiger charge is -2.38. The first kappa shape index (κ1) is 30.7. The van der Waals surface area contributed by atoms with Crippen LogP contribution < -0.4 is 20.4 Å². The van der Waals surface area contributed by atoms with E-state index in [2.05, 4.69) is 30.4 Å². The second-order valence-electron chi connectivity index (χ2n) is 10.4. The van der Waals surface area contributed by atoms with Gasteiger partial charge in [-0.15, -0.1) is 0 Å². The van der Waals surface area contributed by atoms with Crippen LogP contribution in [-0.4, -0.2) is 35.3 Å². The highest BCUT2D eigenvalue weighted by molar-refractivity contribution is 6.61. The van der Waals surface area contributed by atoms with Gasteiger partial charge in [-0.2, -0.15) is 13.2 Å². The van der Waals surface area contributed by atoms with Gasteiger partial charge in [0.25, 0.3) is 0 Å². The number of hydrogen-bond acceptors (Lipinski definition) is 4. The van der Waals surface area contributed by atoms with Crippen LogP contribution in [0.15, 0.2) is 68.0 Å². The van der Waals surface area contributed by atoms with E-state index >= 15 is 0 Å². The Morgan fingerprint density at radius 2 is 1.74 bits per heavy atom. The van der Waals surface area contributed by atoms with Crippen molar-refractivity contribution in [2.24, 2.45) is 0 Å². The quantitative estimate of drug-likeness (QED) is 0.225. The van der Waals surface area contributed by atoms with Crippen LogP contribution in [0.4, 0.5) is 39.0 Å². The molecule has 3 aromatic rings. The normalized spacial score (nSPS) is 16.3. The first-order valence-corrected chi connectivity index (χ1v) is 13.5. The molecular weight excluding hydrogens is 579 g/mol. The number of alkyl halides is 3. The van der Waals surface area contributed by atoms with E-state index in [4.69, 9.17) is 35.1 Å². The second-order valence-corrected chi connectivity index (χ2v) is 10.8. The predicted octanol–water partition coefficient (Wildman–Crippen LogP) is 7.01. The van der Waals surface area contributed by atoms with Gasteiger partial charge in [0, 0.05) is 50.9 Å². The molecule has 5 rings (SSSR count). The SMILES string of the molecule is [B]C([B])([B])N1C(=C)N(CCC)c2cc(NC(=C)c3cc(F)cc(C(F)(F)F)c3)c3c(c21)C(=C)NC3c1cc(F)ccc1Cl. The van der Waals surface area contributed by atoms with Crippen molar-refractivity contribution in [3.63, 3.8) is 0 Å². The fraction of sp³-hybridized carbons (Fsp3) is 0.200. The van der Waals surface area contributed by atoms with Crippen LogP contribution in [0.25, 0.3) is 11.4 Å². The summed E-state index contributed by atoms with van der Waals surface area (Å²) in [5, 5.41) is 4.64.